The number of nitrogens with one attached hydrogen (secondary N) is 1. The quantitative estimate of drug-likeness (QED) is 0.887. The van der Waals surface area contributed by atoms with Gasteiger partial charge in [0.25, 0.3) is 0 Å². The van der Waals surface area contributed by atoms with Gasteiger partial charge in [-0.15, -0.1) is 0 Å². The van der Waals surface area contributed by atoms with Gasteiger partial charge in [0.15, 0.2) is 0 Å². The second-order valence-electron chi connectivity index (χ2n) is 4.03. The number of hydrogen-bond donors (Lipinski definition) is 1. The topological polar surface area (TPSA) is 21.3 Å². The molecular formula is C13H20BrNO. The molecule has 0 radical (unpaired) electrons. The van der Waals surface area contributed by atoms with E-state index >= 15 is 0 Å². The van der Waals surface area contributed by atoms with Gasteiger partial charge in [-0.3, -0.25) is 0 Å². The Bertz CT molecular complexity index is 341. The summed E-state index contributed by atoms with van der Waals surface area (Å²) in [5.74, 6) is 0. The highest BCUT2D eigenvalue weighted by atomic mass is 79.9. The molecule has 2 atom stereocenters. The molecule has 0 saturated carbocycles. The van der Waals surface area contributed by atoms with E-state index in [2.05, 4.69) is 60.2 Å². The van der Waals surface area contributed by atoms with Gasteiger partial charge in [0.1, 0.15) is 0 Å². The van der Waals surface area contributed by atoms with Gasteiger partial charge in [0, 0.05) is 23.3 Å². The Morgan fingerprint density at radius 1 is 1.38 bits per heavy atom. The molecule has 0 heterocycles. The summed E-state index contributed by atoms with van der Waals surface area (Å²) in [4.78, 5) is 0. The third kappa shape index (κ3) is 3.49. The van der Waals surface area contributed by atoms with E-state index in [0.717, 1.165) is 10.9 Å². The highest BCUT2D eigenvalue weighted by molar-refractivity contribution is 9.10. The van der Waals surface area contributed by atoms with Crippen LogP contribution in [0.5, 0.6) is 0 Å². The van der Waals surface area contributed by atoms with E-state index in [0.29, 0.717) is 6.04 Å². The summed E-state index contributed by atoms with van der Waals surface area (Å²) >= 11 is 3.49. The number of aryl methyl sites for hydroxylation is 1. The van der Waals surface area contributed by atoms with Crippen molar-refractivity contribution in [2.24, 2.45) is 0 Å². The van der Waals surface area contributed by atoms with E-state index < -0.39 is 0 Å². The zero-order valence-electron chi connectivity index (χ0n) is 10.4. The highest BCUT2D eigenvalue weighted by Crippen LogP contribution is 2.22. The molecule has 0 bridgehead atoms. The lowest BCUT2D eigenvalue weighted by molar-refractivity contribution is 0.106. The summed E-state index contributed by atoms with van der Waals surface area (Å²) in [7, 11) is 1.74. The van der Waals surface area contributed by atoms with Gasteiger partial charge in [-0.1, -0.05) is 22.9 Å². The first-order valence-electron chi connectivity index (χ1n) is 5.66. The molecular weight excluding hydrogens is 266 g/mol. The lowest BCUT2D eigenvalue weighted by atomic mass is 10.1. The summed E-state index contributed by atoms with van der Waals surface area (Å²) in [6.45, 7) is 6.37. The van der Waals surface area contributed by atoms with Crippen LogP contribution >= 0.6 is 15.9 Å². The van der Waals surface area contributed by atoms with E-state index in [1.54, 1.807) is 7.11 Å². The Balaban J connectivity index is 2.80. The van der Waals surface area contributed by atoms with E-state index in [1.807, 2.05) is 0 Å². The molecule has 0 saturated heterocycles. The summed E-state index contributed by atoms with van der Waals surface area (Å²) in [5, 5.41) is 3.49. The number of anilines is 1. The lowest BCUT2D eigenvalue weighted by Crippen LogP contribution is -2.30. The van der Waals surface area contributed by atoms with Crippen molar-refractivity contribution in [3.63, 3.8) is 0 Å². The van der Waals surface area contributed by atoms with Crippen molar-refractivity contribution in [2.45, 2.75) is 39.3 Å². The Morgan fingerprint density at radius 3 is 2.62 bits per heavy atom. The van der Waals surface area contributed by atoms with E-state index in [4.69, 9.17) is 4.74 Å². The van der Waals surface area contributed by atoms with Crippen molar-refractivity contribution in [1.29, 1.82) is 0 Å². The fourth-order valence-corrected chi connectivity index (χ4v) is 1.97. The molecule has 2 unspecified atom stereocenters. The lowest BCUT2D eigenvalue weighted by Gasteiger charge is -2.22. The predicted molar refractivity (Wildman–Crippen MR) is 73.1 cm³/mol. The third-order valence-corrected chi connectivity index (χ3v) is 3.40. The maximum absolute atomic E-state index is 5.31. The predicted octanol–water partition coefficient (Wildman–Crippen LogP) is 3.85. The minimum absolute atomic E-state index is 0.202. The molecule has 1 N–H and O–H groups in total. The van der Waals surface area contributed by atoms with Gasteiger partial charge < -0.3 is 10.1 Å². The fourth-order valence-electron chi connectivity index (χ4n) is 1.56. The van der Waals surface area contributed by atoms with Crippen LogP contribution in [0.15, 0.2) is 22.7 Å². The first-order valence-corrected chi connectivity index (χ1v) is 6.45. The smallest absolute Gasteiger partial charge is 0.0741 e. The van der Waals surface area contributed by atoms with Crippen LogP contribution in [0.3, 0.4) is 0 Å². The van der Waals surface area contributed by atoms with Gasteiger partial charge in [-0.2, -0.15) is 0 Å². The van der Waals surface area contributed by atoms with E-state index in [-0.39, 0.29) is 6.10 Å². The van der Waals surface area contributed by atoms with E-state index in [9.17, 15) is 0 Å². The maximum Gasteiger partial charge on any atom is 0.0741 e. The van der Waals surface area contributed by atoms with Gasteiger partial charge in [-0.05, 0) is 44.0 Å². The van der Waals surface area contributed by atoms with Gasteiger partial charge in [0.05, 0.1) is 6.10 Å². The summed E-state index contributed by atoms with van der Waals surface area (Å²) in [6, 6.07) is 6.64. The van der Waals surface area contributed by atoms with Gasteiger partial charge >= 0.3 is 0 Å². The number of rotatable bonds is 5. The van der Waals surface area contributed by atoms with Crippen molar-refractivity contribution in [2.75, 3.05) is 12.4 Å². The molecule has 1 aromatic carbocycles. The van der Waals surface area contributed by atoms with Crippen molar-refractivity contribution < 1.29 is 4.74 Å². The first kappa shape index (κ1) is 13.5. The molecule has 1 aromatic rings. The van der Waals surface area contributed by atoms with Crippen LogP contribution in [-0.2, 0) is 11.2 Å². The Morgan fingerprint density at radius 2 is 2.06 bits per heavy atom. The minimum Gasteiger partial charge on any atom is -0.380 e. The van der Waals surface area contributed by atoms with Crippen LogP contribution in [0.1, 0.15) is 26.3 Å². The minimum atomic E-state index is 0.202. The number of ether oxygens (including phenoxy) is 1. The summed E-state index contributed by atoms with van der Waals surface area (Å²) in [6.07, 6.45) is 1.23. The SMILES string of the molecule is CCc1cc(Br)ccc1NC(C)C(C)OC. The third-order valence-electron chi connectivity index (χ3n) is 2.91. The number of methoxy groups -OCH3 is 1. The number of halogens is 1. The standard InChI is InChI=1S/C13H20BrNO/c1-5-11-8-12(14)6-7-13(11)15-9(2)10(3)16-4/h6-10,15H,5H2,1-4H3. The summed E-state index contributed by atoms with van der Waals surface area (Å²) in [5.41, 5.74) is 2.52. The molecule has 0 aromatic heterocycles. The molecule has 2 nitrogen and oxygen atoms in total. The molecule has 0 spiro atoms. The van der Waals surface area contributed by atoms with Crippen molar-refractivity contribution in [3.8, 4) is 0 Å². The zero-order valence-corrected chi connectivity index (χ0v) is 12.0. The van der Waals surface area contributed by atoms with Gasteiger partial charge in [-0.25, -0.2) is 0 Å². The molecule has 0 amide bonds. The van der Waals surface area contributed by atoms with Crippen molar-refractivity contribution >= 4 is 21.6 Å². The van der Waals surface area contributed by atoms with Crippen molar-refractivity contribution in [1.82, 2.24) is 0 Å². The Hall–Kier alpha value is -0.540. The normalized spacial score (nSPS) is 14.6. The van der Waals surface area contributed by atoms with E-state index in [1.165, 1.54) is 11.3 Å². The average Bonchev–Trinajstić information content (AvgIpc) is 2.30. The second-order valence-corrected chi connectivity index (χ2v) is 4.94. The molecule has 0 aliphatic carbocycles. The molecule has 16 heavy (non-hydrogen) atoms. The zero-order chi connectivity index (χ0) is 12.1. The molecule has 1 rings (SSSR count). The monoisotopic (exact) mass is 285 g/mol. The first-order chi connectivity index (χ1) is 7.58. The number of benzene rings is 1. The Labute approximate surface area is 107 Å². The largest absolute Gasteiger partial charge is 0.380 e. The number of hydrogen-bond acceptors (Lipinski definition) is 2. The highest BCUT2D eigenvalue weighted by Gasteiger charge is 2.12. The van der Waals surface area contributed by atoms with Crippen LogP contribution < -0.4 is 5.32 Å². The molecule has 0 fully saturated rings. The van der Waals surface area contributed by atoms with Crippen LogP contribution in [-0.4, -0.2) is 19.3 Å². The molecule has 90 valence electrons. The average molecular weight is 286 g/mol. The summed E-state index contributed by atoms with van der Waals surface area (Å²) < 4.78 is 6.44. The van der Waals surface area contributed by atoms with Crippen molar-refractivity contribution in [3.05, 3.63) is 28.2 Å². The van der Waals surface area contributed by atoms with Crippen LogP contribution in [0, 0.1) is 0 Å². The van der Waals surface area contributed by atoms with Gasteiger partial charge in [0.2, 0.25) is 0 Å². The molecule has 0 aliphatic heterocycles. The fraction of sp³-hybridized carbons (Fsp3) is 0.538. The Kier molecular flexibility index (Phi) is 5.29. The molecule has 3 heteroatoms. The van der Waals surface area contributed by atoms with Crippen LogP contribution in [0.2, 0.25) is 0 Å². The second kappa shape index (κ2) is 6.26. The van der Waals surface area contributed by atoms with Crippen LogP contribution in [0.25, 0.3) is 0 Å². The maximum atomic E-state index is 5.31. The van der Waals surface area contributed by atoms with Crippen LogP contribution in [0.4, 0.5) is 5.69 Å². The molecule has 0 aliphatic rings.